The molecule has 92 valence electrons. The van der Waals surface area contributed by atoms with Crippen molar-refractivity contribution in [2.45, 2.75) is 12.5 Å². The largest absolute Gasteiger partial charge is 0.376 e. The fourth-order valence-electron chi connectivity index (χ4n) is 1.66. The summed E-state index contributed by atoms with van der Waals surface area (Å²) in [6, 6.07) is 5.18. The molecule has 1 aliphatic rings. The minimum atomic E-state index is -0.504. The van der Waals surface area contributed by atoms with Crippen molar-refractivity contribution in [2.24, 2.45) is 0 Å². The lowest BCUT2D eigenvalue weighted by Gasteiger charge is -2.22. The van der Waals surface area contributed by atoms with Crippen molar-refractivity contribution in [3.8, 4) is 0 Å². The molecule has 1 fully saturated rings. The first-order chi connectivity index (χ1) is 8.18. The summed E-state index contributed by atoms with van der Waals surface area (Å²) in [4.78, 5) is 11.9. The van der Waals surface area contributed by atoms with Gasteiger partial charge in [0.15, 0.2) is 5.78 Å². The van der Waals surface area contributed by atoms with E-state index in [1.54, 1.807) is 18.2 Å². The van der Waals surface area contributed by atoms with E-state index >= 15 is 0 Å². The Morgan fingerprint density at radius 3 is 2.59 bits per heavy atom. The average molecular weight is 275 g/mol. The SMILES string of the molecule is O=C(Cc1c(Cl)cccc1Cl)C1COCCO1. The number of ether oxygens (including phenoxy) is 2. The van der Waals surface area contributed by atoms with Gasteiger partial charge in [-0.2, -0.15) is 0 Å². The third-order valence-corrected chi connectivity index (χ3v) is 3.30. The molecule has 2 rings (SSSR count). The van der Waals surface area contributed by atoms with Gasteiger partial charge in [0.25, 0.3) is 0 Å². The van der Waals surface area contributed by atoms with Crippen LogP contribution >= 0.6 is 23.2 Å². The van der Waals surface area contributed by atoms with Crippen LogP contribution in [0.5, 0.6) is 0 Å². The summed E-state index contributed by atoms with van der Waals surface area (Å²) in [6.45, 7) is 1.30. The molecule has 0 saturated carbocycles. The highest BCUT2D eigenvalue weighted by Crippen LogP contribution is 2.25. The first-order valence-electron chi connectivity index (χ1n) is 5.33. The Kier molecular flexibility index (Phi) is 4.40. The lowest BCUT2D eigenvalue weighted by atomic mass is 10.1. The van der Waals surface area contributed by atoms with Crippen LogP contribution in [-0.2, 0) is 20.7 Å². The zero-order chi connectivity index (χ0) is 12.3. The van der Waals surface area contributed by atoms with E-state index in [2.05, 4.69) is 0 Å². The summed E-state index contributed by atoms with van der Waals surface area (Å²) in [7, 11) is 0. The molecule has 1 heterocycles. The Morgan fingerprint density at radius 1 is 1.29 bits per heavy atom. The Bertz CT molecular complexity index is 394. The molecule has 1 aliphatic heterocycles. The van der Waals surface area contributed by atoms with Crippen molar-refractivity contribution in [3.63, 3.8) is 0 Å². The molecule has 0 aromatic heterocycles. The van der Waals surface area contributed by atoms with Crippen LogP contribution in [-0.4, -0.2) is 31.7 Å². The second-order valence-electron chi connectivity index (χ2n) is 3.78. The van der Waals surface area contributed by atoms with Crippen molar-refractivity contribution in [1.82, 2.24) is 0 Å². The van der Waals surface area contributed by atoms with Gasteiger partial charge in [0.05, 0.1) is 19.8 Å². The van der Waals surface area contributed by atoms with Crippen molar-refractivity contribution < 1.29 is 14.3 Å². The van der Waals surface area contributed by atoms with Gasteiger partial charge >= 0.3 is 0 Å². The highest BCUT2D eigenvalue weighted by molar-refractivity contribution is 6.36. The zero-order valence-electron chi connectivity index (χ0n) is 9.12. The zero-order valence-corrected chi connectivity index (χ0v) is 10.6. The fourth-order valence-corrected chi connectivity index (χ4v) is 2.19. The molecule has 1 atom stereocenters. The summed E-state index contributed by atoms with van der Waals surface area (Å²) in [5, 5.41) is 1.00. The van der Waals surface area contributed by atoms with Crippen molar-refractivity contribution in [1.29, 1.82) is 0 Å². The monoisotopic (exact) mass is 274 g/mol. The van der Waals surface area contributed by atoms with Gasteiger partial charge in [0.2, 0.25) is 0 Å². The molecule has 3 nitrogen and oxygen atoms in total. The van der Waals surface area contributed by atoms with E-state index in [4.69, 9.17) is 32.7 Å². The molecule has 0 aliphatic carbocycles. The molecular formula is C12H12Cl2O3. The Morgan fingerprint density at radius 2 is 2.00 bits per heavy atom. The average Bonchev–Trinajstić information content (AvgIpc) is 2.35. The molecule has 5 heteroatoms. The van der Waals surface area contributed by atoms with E-state index < -0.39 is 6.10 Å². The molecule has 0 amide bonds. The summed E-state index contributed by atoms with van der Waals surface area (Å²) in [6.07, 6.45) is -0.330. The smallest absolute Gasteiger partial charge is 0.168 e. The van der Waals surface area contributed by atoms with Crippen molar-refractivity contribution >= 4 is 29.0 Å². The van der Waals surface area contributed by atoms with Crippen LogP contribution in [0, 0.1) is 0 Å². The Hall–Kier alpha value is -0.610. The van der Waals surface area contributed by atoms with Crippen LogP contribution in [0.1, 0.15) is 5.56 Å². The van der Waals surface area contributed by atoms with Crippen LogP contribution in [0.15, 0.2) is 18.2 Å². The van der Waals surface area contributed by atoms with E-state index in [0.717, 1.165) is 0 Å². The van der Waals surface area contributed by atoms with Crippen molar-refractivity contribution in [3.05, 3.63) is 33.8 Å². The number of benzene rings is 1. The lowest BCUT2D eigenvalue weighted by molar-refractivity contribution is -0.144. The molecule has 17 heavy (non-hydrogen) atoms. The molecule has 1 aromatic rings. The number of rotatable bonds is 3. The highest BCUT2D eigenvalue weighted by Gasteiger charge is 2.23. The number of Topliss-reactive ketones (excluding diaryl/α,β-unsaturated/α-hetero) is 1. The lowest BCUT2D eigenvalue weighted by Crippen LogP contribution is -2.36. The maximum absolute atomic E-state index is 11.9. The van der Waals surface area contributed by atoms with Gasteiger partial charge in [-0.3, -0.25) is 4.79 Å². The second-order valence-corrected chi connectivity index (χ2v) is 4.59. The molecule has 1 aromatic carbocycles. The molecular weight excluding hydrogens is 263 g/mol. The van der Waals surface area contributed by atoms with Gasteiger partial charge in [-0.1, -0.05) is 29.3 Å². The van der Waals surface area contributed by atoms with E-state index in [0.29, 0.717) is 35.4 Å². The maximum Gasteiger partial charge on any atom is 0.168 e. The number of ketones is 1. The highest BCUT2D eigenvalue weighted by atomic mass is 35.5. The Balaban J connectivity index is 2.07. The van der Waals surface area contributed by atoms with Crippen LogP contribution in [0.4, 0.5) is 0 Å². The van der Waals surface area contributed by atoms with E-state index in [9.17, 15) is 4.79 Å². The minimum Gasteiger partial charge on any atom is -0.376 e. The summed E-state index contributed by atoms with van der Waals surface area (Å²) in [5.41, 5.74) is 0.648. The number of hydrogen-bond donors (Lipinski definition) is 0. The van der Waals surface area contributed by atoms with Crippen molar-refractivity contribution in [2.75, 3.05) is 19.8 Å². The van der Waals surface area contributed by atoms with E-state index in [1.165, 1.54) is 0 Å². The van der Waals surface area contributed by atoms with Gasteiger partial charge in [-0.25, -0.2) is 0 Å². The molecule has 0 bridgehead atoms. The predicted molar refractivity (Wildman–Crippen MR) is 65.7 cm³/mol. The first-order valence-corrected chi connectivity index (χ1v) is 6.09. The molecule has 0 radical (unpaired) electrons. The topological polar surface area (TPSA) is 35.5 Å². The molecule has 1 saturated heterocycles. The van der Waals surface area contributed by atoms with E-state index in [1.807, 2.05) is 0 Å². The molecule has 0 spiro atoms. The van der Waals surface area contributed by atoms with Gasteiger partial charge < -0.3 is 9.47 Å². The van der Waals surface area contributed by atoms with Gasteiger partial charge in [-0.15, -0.1) is 0 Å². The molecule has 1 unspecified atom stereocenters. The second kappa shape index (κ2) is 5.83. The van der Waals surface area contributed by atoms with E-state index in [-0.39, 0.29) is 12.2 Å². The third-order valence-electron chi connectivity index (χ3n) is 2.59. The number of halogens is 2. The van der Waals surface area contributed by atoms with Gasteiger partial charge in [0, 0.05) is 16.5 Å². The quantitative estimate of drug-likeness (QED) is 0.850. The summed E-state index contributed by atoms with van der Waals surface area (Å²) >= 11 is 12.0. The Labute approximate surface area is 110 Å². The predicted octanol–water partition coefficient (Wildman–Crippen LogP) is 2.52. The van der Waals surface area contributed by atoms with Crippen LogP contribution < -0.4 is 0 Å². The summed E-state index contributed by atoms with van der Waals surface area (Å²) in [5.74, 6) is -0.0558. The summed E-state index contributed by atoms with van der Waals surface area (Å²) < 4.78 is 10.5. The van der Waals surface area contributed by atoms with Crippen LogP contribution in [0.2, 0.25) is 10.0 Å². The maximum atomic E-state index is 11.9. The normalized spacial score (nSPS) is 20.2. The standard InChI is InChI=1S/C12H12Cl2O3/c13-9-2-1-3-10(14)8(9)6-11(15)12-7-16-4-5-17-12/h1-3,12H,4-7H2. The van der Waals surface area contributed by atoms with Gasteiger partial charge in [-0.05, 0) is 17.7 Å². The number of carbonyl (C=O) groups is 1. The van der Waals surface area contributed by atoms with Crippen LogP contribution in [0.3, 0.4) is 0 Å². The third kappa shape index (κ3) is 3.19. The van der Waals surface area contributed by atoms with Gasteiger partial charge in [0.1, 0.15) is 6.10 Å². The molecule has 0 N–H and O–H groups in total. The number of carbonyl (C=O) groups excluding carboxylic acids is 1. The first kappa shape index (κ1) is 12.8. The minimum absolute atomic E-state index is 0.0558. The van der Waals surface area contributed by atoms with Crippen LogP contribution in [0.25, 0.3) is 0 Å². The fraction of sp³-hybridized carbons (Fsp3) is 0.417. The number of hydrogen-bond acceptors (Lipinski definition) is 3.